The molecule has 0 aliphatic carbocycles. The molecule has 0 aromatic heterocycles. The molecule has 1 aliphatic heterocycles. The van der Waals surface area contributed by atoms with Crippen molar-refractivity contribution in [3.05, 3.63) is 29.8 Å². The van der Waals surface area contributed by atoms with Gasteiger partial charge in [-0.05, 0) is 37.3 Å². The summed E-state index contributed by atoms with van der Waals surface area (Å²) in [4.78, 5) is 7.94. The fourth-order valence-electron chi connectivity index (χ4n) is 2.44. The number of aliphatic imine (C=N–C) groups is 1. The molecule has 0 radical (unpaired) electrons. The first kappa shape index (κ1) is 13.3. The van der Waals surface area contributed by atoms with Crippen LogP contribution in [0.15, 0.2) is 34.2 Å². The lowest BCUT2D eigenvalue weighted by Crippen LogP contribution is -2.47. The Morgan fingerprint density at radius 3 is 2.61 bits per heavy atom. The predicted molar refractivity (Wildman–Crippen MR) is 79.1 cm³/mol. The van der Waals surface area contributed by atoms with Crippen LogP contribution in [-0.2, 0) is 5.54 Å². The first-order valence-corrected chi connectivity index (χ1v) is 7.56. The summed E-state index contributed by atoms with van der Waals surface area (Å²) in [5.74, 6) is 0.674. The summed E-state index contributed by atoms with van der Waals surface area (Å²) in [6.45, 7) is 6.09. The Morgan fingerprint density at radius 1 is 1.39 bits per heavy atom. The summed E-state index contributed by atoms with van der Waals surface area (Å²) in [5, 5.41) is 0. The summed E-state index contributed by atoms with van der Waals surface area (Å²) in [7, 11) is 0. The lowest BCUT2D eigenvalue weighted by Gasteiger charge is -2.36. The number of nitrogens with zero attached hydrogens (tertiary/aromatic N) is 2. The second-order valence-electron chi connectivity index (χ2n) is 4.83. The molecule has 0 fully saturated rings. The van der Waals surface area contributed by atoms with Gasteiger partial charge in [0.25, 0.3) is 0 Å². The van der Waals surface area contributed by atoms with Crippen LogP contribution in [0.4, 0.5) is 0 Å². The van der Waals surface area contributed by atoms with Gasteiger partial charge in [0.05, 0.1) is 12.1 Å². The highest BCUT2D eigenvalue weighted by atomic mass is 32.2. The van der Waals surface area contributed by atoms with E-state index in [-0.39, 0.29) is 5.54 Å². The highest BCUT2D eigenvalue weighted by Crippen LogP contribution is 2.33. The number of hydrogen-bond acceptors (Lipinski definition) is 4. The van der Waals surface area contributed by atoms with E-state index in [4.69, 9.17) is 5.73 Å². The fraction of sp³-hybridized carbons (Fsp3) is 0.500. The number of guanidine groups is 1. The number of nitrogens with two attached hydrogens (primary N) is 1. The molecule has 18 heavy (non-hydrogen) atoms. The van der Waals surface area contributed by atoms with Crippen LogP contribution in [0.1, 0.15) is 25.8 Å². The maximum Gasteiger partial charge on any atom is 0.192 e. The second kappa shape index (κ2) is 5.22. The molecule has 1 aromatic rings. The Hall–Kier alpha value is -1.16. The van der Waals surface area contributed by atoms with Crippen molar-refractivity contribution in [2.45, 2.75) is 30.7 Å². The maximum atomic E-state index is 6.01. The third kappa shape index (κ3) is 2.21. The van der Waals surface area contributed by atoms with E-state index in [1.54, 1.807) is 11.8 Å². The van der Waals surface area contributed by atoms with E-state index in [1.165, 1.54) is 10.5 Å². The van der Waals surface area contributed by atoms with Crippen molar-refractivity contribution in [2.24, 2.45) is 10.7 Å². The Morgan fingerprint density at radius 2 is 2.06 bits per heavy atom. The first-order valence-electron chi connectivity index (χ1n) is 6.34. The molecule has 0 amide bonds. The zero-order valence-corrected chi connectivity index (χ0v) is 12.1. The summed E-state index contributed by atoms with van der Waals surface area (Å²) < 4.78 is 0. The SMILES string of the molecule is CCCN1C(N)=NCC1(C)c1ccc(SC)cc1. The molecule has 1 aromatic carbocycles. The predicted octanol–water partition coefficient (Wildman–Crippen LogP) is 2.66. The third-order valence-corrected chi connectivity index (χ3v) is 4.32. The van der Waals surface area contributed by atoms with E-state index in [0.717, 1.165) is 19.5 Å². The molecule has 2 rings (SSSR count). The van der Waals surface area contributed by atoms with Crippen molar-refractivity contribution in [1.29, 1.82) is 0 Å². The van der Waals surface area contributed by atoms with Crippen LogP contribution >= 0.6 is 11.8 Å². The van der Waals surface area contributed by atoms with E-state index >= 15 is 0 Å². The van der Waals surface area contributed by atoms with Gasteiger partial charge < -0.3 is 10.6 Å². The summed E-state index contributed by atoms with van der Waals surface area (Å²) in [6.07, 6.45) is 3.17. The van der Waals surface area contributed by atoms with Gasteiger partial charge in [0.15, 0.2) is 5.96 Å². The van der Waals surface area contributed by atoms with Gasteiger partial charge in [-0.15, -0.1) is 11.8 Å². The van der Waals surface area contributed by atoms with Crippen molar-refractivity contribution in [1.82, 2.24) is 4.90 Å². The van der Waals surface area contributed by atoms with Gasteiger partial charge in [0.1, 0.15) is 0 Å². The van der Waals surface area contributed by atoms with Gasteiger partial charge in [-0.3, -0.25) is 4.99 Å². The van der Waals surface area contributed by atoms with Crippen LogP contribution < -0.4 is 5.73 Å². The molecule has 0 saturated carbocycles. The molecular weight excluding hydrogens is 242 g/mol. The van der Waals surface area contributed by atoms with Crippen molar-refractivity contribution in [3.63, 3.8) is 0 Å². The minimum atomic E-state index is -0.0863. The second-order valence-corrected chi connectivity index (χ2v) is 5.71. The molecule has 0 spiro atoms. The van der Waals surface area contributed by atoms with Crippen LogP contribution in [-0.4, -0.2) is 30.2 Å². The molecule has 1 unspecified atom stereocenters. The van der Waals surface area contributed by atoms with Gasteiger partial charge in [0, 0.05) is 11.4 Å². The average Bonchev–Trinajstić information content (AvgIpc) is 2.69. The Labute approximate surface area is 113 Å². The van der Waals surface area contributed by atoms with Crippen LogP contribution in [0.2, 0.25) is 0 Å². The van der Waals surface area contributed by atoms with Crippen LogP contribution in [0.5, 0.6) is 0 Å². The van der Waals surface area contributed by atoms with Gasteiger partial charge in [0.2, 0.25) is 0 Å². The normalized spacial score (nSPS) is 23.3. The quantitative estimate of drug-likeness (QED) is 0.849. The fourth-order valence-corrected chi connectivity index (χ4v) is 2.85. The monoisotopic (exact) mass is 263 g/mol. The molecule has 1 atom stereocenters. The minimum absolute atomic E-state index is 0.0863. The number of hydrogen-bond donors (Lipinski definition) is 1. The molecule has 4 heteroatoms. The Bertz CT molecular complexity index is 441. The van der Waals surface area contributed by atoms with Crippen molar-refractivity contribution in [3.8, 4) is 0 Å². The highest BCUT2D eigenvalue weighted by molar-refractivity contribution is 7.98. The number of benzene rings is 1. The van der Waals surface area contributed by atoms with Gasteiger partial charge in [-0.2, -0.15) is 0 Å². The molecule has 1 heterocycles. The third-order valence-electron chi connectivity index (χ3n) is 3.58. The van der Waals surface area contributed by atoms with Gasteiger partial charge >= 0.3 is 0 Å². The molecule has 3 nitrogen and oxygen atoms in total. The van der Waals surface area contributed by atoms with Crippen molar-refractivity contribution >= 4 is 17.7 Å². The first-order chi connectivity index (χ1) is 8.61. The molecule has 2 N–H and O–H groups in total. The zero-order valence-electron chi connectivity index (χ0n) is 11.3. The van der Waals surface area contributed by atoms with Crippen LogP contribution in [0, 0.1) is 0 Å². The van der Waals surface area contributed by atoms with Gasteiger partial charge in [-0.25, -0.2) is 0 Å². The topological polar surface area (TPSA) is 41.6 Å². The van der Waals surface area contributed by atoms with E-state index in [1.807, 2.05) is 0 Å². The Kier molecular flexibility index (Phi) is 3.85. The van der Waals surface area contributed by atoms with E-state index in [9.17, 15) is 0 Å². The number of thioether (sulfide) groups is 1. The maximum absolute atomic E-state index is 6.01. The highest BCUT2D eigenvalue weighted by Gasteiger charge is 2.38. The van der Waals surface area contributed by atoms with Crippen molar-refractivity contribution in [2.75, 3.05) is 19.3 Å². The molecule has 0 saturated heterocycles. The van der Waals surface area contributed by atoms with Gasteiger partial charge in [-0.1, -0.05) is 19.1 Å². The van der Waals surface area contributed by atoms with Crippen molar-refractivity contribution < 1.29 is 0 Å². The Balaban J connectivity index is 2.29. The molecule has 98 valence electrons. The molecular formula is C14H21N3S. The van der Waals surface area contributed by atoms with E-state index < -0.39 is 0 Å². The summed E-state index contributed by atoms with van der Waals surface area (Å²) in [6, 6.07) is 8.74. The number of rotatable bonds is 4. The summed E-state index contributed by atoms with van der Waals surface area (Å²) >= 11 is 1.76. The minimum Gasteiger partial charge on any atom is -0.370 e. The lowest BCUT2D eigenvalue weighted by atomic mass is 9.91. The zero-order chi connectivity index (χ0) is 13.2. The standard InChI is InChI=1S/C14H21N3S/c1-4-9-17-13(15)16-10-14(17,2)11-5-7-12(18-3)8-6-11/h5-8H,4,9-10H2,1-3H3,(H2,15,16). The van der Waals surface area contributed by atoms with E-state index in [2.05, 4.69) is 54.3 Å². The van der Waals surface area contributed by atoms with E-state index in [0.29, 0.717) is 5.96 Å². The smallest absolute Gasteiger partial charge is 0.192 e. The molecule has 0 bridgehead atoms. The van der Waals surface area contributed by atoms with Crippen LogP contribution in [0.3, 0.4) is 0 Å². The summed E-state index contributed by atoms with van der Waals surface area (Å²) in [5.41, 5.74) is 7.21. The largest absolute Gasteiger partial charge is 0.370 e. The average molecular weight is 263 g/mol. The molecule has 1 aliphatic rings. The lowest BCUT2D eigenvalue weighted by molar-refractivity contribution is 0.225. The van der Waals surface area contributed by atoms with Crippen LogP contribution in [0.25, 0.3) is 0 Å².